The fourth-order valence-electron chi connectivity index (χ4n) is 0.739. The molecule has 0 saturated carbocycles. The van der Waals surface area contributed by atoms with Crippen LogP contribution in [0.3, 0.4) is 0 Å². The molecule has 0 spiro atoms. The second-order valence-electron chi connectivity index (χ2n) is 5.16. The van der Waals surface area contributed by atoms with E-state index in [1.807, 2.05) is 0 Å². The molecule has 0 aromatic heterocycles. The second kappa shape index (κ2) is 12.3. The van der Waals surface area contributed by atoms with Crippen molar-refractivity contribution in [3.63, 3.8) is 0 Å². The van der Waals surface area contributed by atoms with Crippen molar-refractivity contribution in [1.29, 1.82) is 0 Å². The Morgan fingerprint density at radius 2 is 0.933 bits per heavy atom. The molecule has 1 aliphatic heterocycles. The predicted octanol–water partition coefficient (Wildman–Crippen LogP) is 4.62. The van der Waals surface area contributed by atoms with Crippen LogP contribution in [0.1, 0.15) is 13.8 Å². The molecular weight excluding hydrogens is 454 g/mol. The molecule has 4 radical (unpaired) electrons. The monoisotopic (exact) mass is 486 g/mol. The summed E-state index contributed by atoms with van der Waals surface area (Å²) >= 11 is -0.610. The maximum absolute atomic E-state index is 2.36. The molecule has 1 heterocycles. The van der Waals surface area contributed by atoms with Gasteiger partial charge in [-0.15, -0.1) is 0 Å². The predicted molar refractivity (Wildman–Crippen MR) is 80.4 cm³/mol. The van der Waals surface area contributed by atoms with Gasteiger partial charge in [-0.3, -0.25) is 0 Å². The van der Waals surface area contributed by atoms with Gasteiger partial charge < -0.3 is 0 Å². The summed E-state index contributed by atoms with van der Waals surface area (Å²) in [4.78, 5) is 14.2. The van der Waals surface area contributed by atoms with Crippen LogP contribution in [0.15, 0.2) is 11.1 Å². The van der Waals surface area contributed by atoms with Gasteiger partial charge in [0.05, 0.1) is 0 Å². The van der Waals surface area contributed by atoms with E-state index in [0.29, 0.717) is 15.4 Å². The topological polar surface area (TPSA) is 0 Å². The van der Waals surface area contributed by atoms with Gasteiger partial charge in [0.15, 0.2) is 0 Å². The van der Waals surface area contributed by atoms with Gasteiger partial charge in [-0.2, -0.15) is 0 Å². The Morgan fingerprint density at radius 3 is 1.00 bits per heavy atom. The van der Waals surface area contributed by atoms with Crippen molar-refractivity contribution >= 4 is 55.0 Å². The van der Waals surface area contributed by atoms with Crippen LogP contribution in [0, 0.1) is 0 Å². The van der Waals surface area contributed by atoms with Gasteiger partial charge >= 0.3 is 120 Å². The minimum atomic E-state index is -0.543. The summed E-state index contributed by atoms with van der Waals surface area (Å²) in [5, 5.41) is 2.96. The van der Waals surface area contributed by atoms with Gasteiger partial charge in [0.2, 0.25) is 0 Å². The molecule has 0 fully saturated rings. The molecule has 0 unspecified atom stereocenters. The van der Waals surface area contributed by atoms with Crippen molar-refractivity contribution in [1.82, 2.24) is 0 Å². The van der Waals surface area contributed by atoms with Crippen LogP contribution in [-0.4, -0.2) is 55.0 Å². The van der Waals surface area contributed by atoms with E-state index < -0.39 is 39.5 Å². The first-order chi connectivity index (χ1) is 6.77. The van der Waals surface area contributed by atoms with Crippen LogP contribution in [0.4, 0.5) is 0 Å². The Kier molecular flexibility index (Phi) is 15.8. The Hall–Kier alpha value is 1.88. The van der Waals surface area contributed by atoms with Crippen LogP contribution in [0.2, 0.25) is 40.1 Å². The number of rotatable bonds is 0. The normalized spacial score (nSPS) is 14.8. The van der Waals surface area contributed by atoms with Crippen molar-refractivity contribution in [2.24, 2.45) is 0 Å². The van der Waals surface area contributed by atoms with Crippen LogP contribution < -0.4 is 0 Å². The first kappa shape index (κ1) is 19.2. The van der Waals surface area contributed by atoms with E-state index in [4.69, 9.17) is 0 Å². The molecule has 3 heteroatoms. The Labute approximate surface area is 119 Å². The molecule has 0 atom stereocenters. The molecule has 1 aliphatic rings. The maximum atomic E-state index is 2.36. The second-order valence-corrected chi connectivity index (χ2v) is 24.8. The third-order valence-corrected chi connectivity index (χ3v) is 4.78. The molecule has 0 saturated heterocycles. The van der Waals surface area contributed by atoms with Crippen LogP contribution in [-0.2, 0) is 0 Å². The van der Waals surface area contributed by atoms with Gasteiger partial charge in [0, 0.05) is 0 Å². The number of hydrogen-bond acceptors (Lipinski definition) is 0. The average molecular weight is 482 g/mol. The molecule has 88 valence electrons. The minimum absolute atomic E-state index is 0.477. The van der Waals surface area contributed by atoms with Crippen molar-refractivity contribution in [2.45, 2.75) is 54.0 Å². The van der Waals surface area contributed by atoms with Crippen LogP contribution in [0.5, 0.6) is 0 Å². The summed E-state index contributed by atoms with van der Waals surface area (Å²) in [6, 6.07) is 0. The van der Waals surface area contributed by atoms with Crippen molar-refractivity contribution in [3.8, 4) is 0 Å². The molecule has 0 amide bonds. The van der Waals surface area contributed by atoms with Crippen molar-refractivity contribution in [3.05, 3.63) is 11.1 Å². The summed E-state index contributed by atoms with van der Waals surface area (Å²) < 4.78 is 0. The SMILES string of the molecule is CC1=C(C)[CH2][Ge][CH2]1.[CH3][Sn]([CH3])[CH3].[CH3][Sn]([CH3])[CH3]. The van der Waals surface area contributed by atoms with Crippen LogP contribution in [0.25, 0.3) is 0 Å². The van der Waals surface area contributed by atoms with Gasteiger partial charge in [0.25, 0.3) is 0 Å². The van der Waals surface area contributed by atoms with Gasteiger partial charge in [-0.1, -0.05) is 0 Å². The molecule has 0 nitrogen and oxygen atoms in total. The van der Waals surface area contributed by atoms with E-state index >= 15 is 0 Å². The van der Waals surface area contributed by atoms with E-state index in [9.17, 15) is 0 Å². The Bertz CT molecular complexity index is 151. The van der Waals surface area contributed by atoms with E-state index in [-0.39, 0.29) is 0 Å². The zero-order valence-corrected chi connectivity index (χ0v) is 19.7. The average Bonchev–Trinajstić information content (AvgIpc) is 2.33. The summed E-state index contributed by atoms with van der Waals surface area (Å²) in [7, 11) is 0. The van der Waals surface area contributed by atoms with Gasteiger partial charge in [-0.25, -0.2) is 0 Å². The number of hydrogen-bond donors (Lipinski definition) is 0. The van der Waals surface area contributed by atoms with E-state index in [1.165, 1.54) is 10.5 Å². The molecule has 0 aliphatic carbocycles. The first-order valence-electron chi connectivity index (χ1n) is 5.66. The summed E-state index contributed by atoms with van der Waals surface area (Å²) in [6.07, 6.45) is 0. The van der Waals surface area contributed by atoms with E-state index in [1.54, 1.807) is 11.1 Å². The summed E-state index contributed by atoms with van der Waals surface area (Å²) in [5.74, 6) is 0. The number of allylic oxidation sites excluding steroid dienone is 2. The molecular formula is C12H28GeSn2. The fraction of sp³-hybridized carbons (Fsp3) is 0.833. The molecule has 0 N–H and O–H groups in total. The summed E-state index contributed by atoms with van der Waals surface area (Å²) in [5.41, 5.74) is 3.36. The first-order valence-corrected chi connectivity index (χ1v) is 25.8. The molecule has 0 bridgehead atoms. The third kappa shape index (κ3) is 21.7. The van der Waals surface area contributed by atoms with Gasteiger partial charge in [0.1, 0.15) is 0 Å². The Balaban J connectivity index is 0. The molecule has 0 aromatic rings. The van der Waals surface area contributed by atoms with Crippen molar-refractivity contribution in [2.75, 3.05) is 0 Å². The van der Waals surface area contributed by atoms with E-state index in [2.05, 4.69) is 43.5 Å². The van der Waals surface area contributed by atoms with Crippen LogP contribution >= 0.6 is 0 Å². The molecule has 15 heavy (non-hydrogen) atoms. The molecule has 0 aromatic carbocycles. The third-order valence-electron chi connectivity index (χ3n) is 1.51. The Morgan fingerprint density at radius 1 is 0.733 bits per heavy atom. The van der Waals surface area contributed by atoms with Crippen molar-refractivity contribution < 1.29 is 0 Å². The fourth-order valence-corrected chi connectivity index (χ4v) is 3.84. The zero-order chi connectivity index (χ0) is 12.4. The standard InChI is InChI=1S/C6H10Ge.6CH3.2Sn/c1-5-3-7-4-6(5)2;;;;;;;;/h3-4H2,1-2H3;6*1H3;;. The quantitative estimate of drug-likeness (QED) is 0.349. The van der Waals surface area contributed by atoms with Gasteiger partial charge in [-0.05, 0) is 0 Å². The molecule has 1 rings (SSSR count). The van der Waals surface area contributed by atoms with E-state index in [0.717, 1.165) is 0 Å². The zero-order valence-electron chi connectivity index (χ0n) is 11.9. The summed E-state index contributed by atoms with van der Waals surface area (Å²) in [6.45, 7) is 4.54.